The Bertz CT molecular complexity index is 1270. The highest BCUT2D eigenvalue weighted by atomic mass is 16.5. The lowest BCUT2D eigenvalue weighted by Gasteiger charge is -2.11. The number of benzene rings is 3. The molecule has 0 aliphatic carbocycles. The molecule has 1 heterocycles. The molecular weight excluding hydrogens is 416 g/mol. The number of nitrogens with zero attached hydrogens (tertiary/aromatic N) is 2. The van der Waals surface area contributed by atoms with Crippen LogP contribution in [0.4, 0.5) is 0 Å². The highest BCUT2D eigenvalue weighted by Crippen LogP contribution is 2.24. The minimum atomic E-state index is -0.458. The van der Waals surface area contributed by atoms with Gasteiger partial charge in [-0.25, -0.2) is 4.68 Å². The summed E-state index contributed by atoms with van der Waals surface area (Å²) in [5.74, 6) is -0.192. The zero-order valence-electron chi connectivity index (χ0n) is 18.4. The van der Waals surface area contributed by atoms with Crippen LogP contribution in [0.3, 0.4) is 0 Å². The highest BCUT2D eigenvalue weighted by Gasteiger charge is 2.19. The molecule has 4 aromatic rings. The third kappa shape index (κ3) is 5.10. The summed E-state index contributed by atoms with van der Waals surface area (Å²) >= 11 is 0. The van der Waals surface area contributed by atoms with E-state index < -0.39 is 5.91 Å². The number of aromatic nitrogens is 2. The van der Waals surface area contributed by atoms with E-state index in [4.69, 9.17) is 4.74 Å². The average Bonchev–Trinajstić information content (AvgIpc) is 3.30. The van der Waals surface area contributed by atoms with E-state index in [1.807, 2.05) is 85.8 Å². The van der Waals surface area contributed by atoms with Crippen LogP contribution < -0.4 is 15.6 Å². The molecule has 0 spiro atoms. The number of rotatable bonds is 6. The van der Waals surface area contributed by atoms with Crippen LogP contribution in [-0.4, -0.2) is 28.7 Å². The first-order chi connectivity index (χ1) is 16.0. The molecule has 2 amide bonds. The molecule has 7 nitrogen and oxygen atoms in total. The van der Waals surface area contributed by atoms with Crippen molar-refractivity contribution in [1.82, 2.24) is 20.6 Å². The normalized spacial score (nSPS) is 10.5. The fourth-order valence-electron chi connectivity index (χ4n) is 3.52. The summed E-state index contributed by atoms with van der Waals surface area (Å²) in [5.41, 5.74) is 9.26. The molecule has 0 radical (unpaired) electrons. The average molecular weight is 441 g/mol. The van der Waals surface area contributed by atoms with Gasteiger partial charge in [-0.2, -0.15) is 5.10 Å². The van der Waals surface area contributed by atoms with Crippen molar-refractivity contribution in [3.63, 3.8) is 0 Å². The van der Waals surface area contributed by atoms with E-state index in [0.29, 0.717) is 17.0 Å². The van der Waals surface area contributed by atoms with Gasteiger partial charge in [-0.1, -0.05) is 66.2 Å². The molecule has 3 aromatic carbocycles. The highest BCUT2D eigenvalue weighted by molar-refractivity contribution is 6.00. The molecule has 33 heavy (non-hydrogen) atoms. The van der Waals surface area contributed by atoms with Gasteiger partial charge in [-0.05, 0) is 25.1 Å². The van der Waals surface area contributed by atoms with Crippen LogP contribution in [0.15, 0.2) is 85.1 Å². The summed E-state index contributed by atoms with van der Waals surface area (Å²) in [5, 5.41) is 4.63. The van der Waals surface area contributed by atoms with E-state index in [1.165, 1.54) is 0 Å². The minimum Gasteiger partial charge on any atom is -0.496 e. The van der Waals surface area contributed by atoms with E-state index >= 15 is 0 Å². The molecule has 0 unspecified atom stereocenters. The van der Waals surface area contributed by atoms with E-state index in [2.05, 4.69) is 16.0 Å². The molecule has 4 rings (SSSR count). The second-order valence-electron chi connectivity index (χ2n) is 7.53. The number of carbonyl (C=O) groups is 2. The maximum absolute atomic E-state index is 13.0. The Hall–Kier alpha value is -4.39. The fraction of sp³-hybridized carbons (Fsp3) is 0.115. The minimum absolute atomic E-state index is 0.0694. The number of hydrogen-bond donors (Lipinski definition) is 2. The van der Waals surface area contributed by atoms with Crippen molar-refractivity contribution < 1.29 is 14.3 Å². The molecule has 0 saturated heterocycles. The van der Waals surface area contributed by atoms with Gasteiger partial charge in [0.25, 0.3) is 5.91 Å². The second-order valence-corrected chi connectivity index (χ2v) is 7.53. The number of ether oxygens (including phenoxy) is 1. The lowest BCUT2D eigenvalue weighted by Crippen LogP contribution is -2.42. The van der Waals surface area contributed by atoms with Gasteiger partial charge in [0.1, 0.15) is 11.4 Å². The maximum atomic E-state index is 13.0. The molecular formula is C26H24N4O3. The van der Waals surface area contributed by atoms with E-state index in [0.717, 1.165) is 22.4 Å². The molecule has 0 saturated carbocycles. The Kier molecular flexibility index (Phi) is 6.50. The van der Waals surface area contributed by atoms with E-state index in [-0.39, 0.29) is 12.3 Å². The summed E-state index contributed by atoms with van der Waals surface area (Å²) in [6.45, 7) is 1.94. The van der Waals surface area contributed by atoms with E-state index in [9.17, 15) is 9.59 Å². The van der Waals surface area contributed by atoms with Crippen LogP contribution in [-0.2, 0) is 11.2 Å². The van der Waals surface area contributed by atoms with E-state index in [1.54, 1.807) is 18.0 Å². The number of nitrogens with one attached hydrogen (secondary N) is 2. The second kappa shape index (κ2) is 9.82. The molecule has 0 aliphatic rings. The van der Waals surface area contributed by atoms with Crippen molar-refractivity contribution in [3.05, 3.63) is 102 Å². The van der Waals surface area contributed by atoms with Crippen molar-refractivity contribution in [2.75, 3.05) is 7.11 Å². The first kappa shape index (κ1) is 21.8. The van der Waals surface area contributed by atoms with Crippen molar-refractivity contribution in [2.24, 2.45) is 0 Å². The molecule has 166 valence electrons. The Labute approximate surface area is 192 Å². The zero-order valence-corrected chi connectivity index (χ0v) is 18.4. The molecule has 0 fully saturated rings. The van der Waals surface area contributed by atoms with Crippen LogP contribution in [0.25, 0.3) is 16.9 Å². The number of hydrogen-bond acceptors (Lipinski definition) is 4. The Balaban J connectivity index is 1.53. The number of aryl methyl sites for hydroxylation is 1. The van der Waals surface area contributed by atoms with Crippen LogP contribution >= 0.6 is 0 Å². The van der Waals surface area contributed by atoms with Gasteiger partial charge in [0.15, 0.2) is 0 Å². The smallest absolute Gasteiger partial charge is 0.273 e. The van der Waals surface area contributed by atoms with Crippen molar-refractivity contribution >= 4 is 11.8 Å². The van der Waals surface area contributed by atoms with Crippen LogP contribution in [0.1, 0.15) is 21.5 Å². The topological polar surface area (TPSA) is 85.3 Å². The van der Waals surface area contributed by atoms with Gasteiger partial charge in [-0.15, -0.1) is 0 Å². The molecule has 0 atom stereocenters. The summed E-state index contributed by atoms with van der Waals surface area (Å²) < 4.78 is 6.98. The molecule has 7 heteroatoms. The van der Waals surface area contributed by atoms with Gasteiger partial charge in [0, 0.05) is 17.3 Å². The fourth-order valence-corrected chi connectivity index (χ4v) is 3.52. The predicted octanol–water partition coefficient (Wildman–Crippen LogP) is 3.86. The number of carbonyl (C=O) groups excluding carboxylic acids is 2. The number of hydrazine groups is 1. The Morgan fingerprint density at radius 2 is 1.64 bits per heavy atom. The monoisotopic (exact) mass is 440 g/mol. The maximum Gasteiger partial charge on any atom is 0.273 e. The predicted molar refractivity (Wildman–Crippen MR) is 126 cm³/mol. The molecule has 0 aliphatic heterocycles. The Morgan fingerprint density at radius 1 is 0.939 bits per heavy atom. The summed E-state index contributed by atoms with van der Waals surface area (Å²) in [6, 6.07) is 24.6. The summed E-state index contributed by atoms with van der Waals surface area (Å²) in [4.78, 5) is 25.5. The van der Waals surface area contributed by atoms with Gasteiger partial charge in [0.2, 0.25) is 5.91 Å². The Morgan fingerprint density at radius 3 is 2.33 bits per heavy atom. The van der Waals surface area contributed by atoms with Crippen molar-refractivity contribution in [2.45, 2.75) is 13.3 Å². The molecule has 0 bridgehead atoms. The molecule has 1 aromatic heterocycles. The van der Waals surface area contributed by atoms with Gasteiger partial charge < -0.3 is 4.74 Å². The van der Waals surface area contributed by atoms with Crippen molar-refractivity contribution in [1.29, 1.82) is 0 Å². The molecule has 2 N–H and O–H groups in total. The lowest BCUT2D eigenvalue weighted by atomic mass is 10.1. The zero-order chi connectivity index (χ0) is 23.2. The number of para-hydroxylation sites is 1. The third-order valence-corrected chi connectivity index (χ3v) is 5.13. The van der Waals surface area contributed by atoms with Crippen LogP contribution in [0.5, 0.6) is 5.75 Å². The summed E-state index contributed by atoms with van der Waals surface area (Å²) in [6.07, 6.45) is 1.72. The quantitative estimate of drug-likeness (QED) is 0.446. The lowest BCUT2D eigenvalue weighted by molar-refractivity contribution is -0.121. The van der Waals surface area contributed by atoms with Gasteiger partial charge in [0.05, 0.1) is 24.8 Å². The SMILES string of the molecule is COc1ccc(C)cc1CC(=O)NNC(=O)c1cn(-c2ccccc2)nc1-c1ccccc1. The number of methoxy groups -OCH3 is 1. The first-order valence-electron chi connectivity index (χ1n) is 10.5. The number of amides is 2. The largest absolute Gasteiger partial charge is 0.496 e. The van der Waals surface area contributed by atoms with Crippen molar-refractivity contribution in [3.8, 4) is 22.7 Å². The third-order valence-electron chi connectivity index (χ3n) is 5.13. The summed E-state index contributed by atoms with van der Waals surface area (Å²) in [7, 11) is 1.56. The van der Waals surface area contributed by atoms with Gasteiger partial charge >= 0.3 is 0 Å². The standard InChI is InChI=1S/C26H24N4O3/c1-18-13-14-23(33-2)20(15-18)16-24(31)27-28-26(32)22-17-30(21-11-7-4-8-12-21)29-25(22)19-9-5-3-6-10-19/h3-15,17H,16H2,1-2H3,(H,27,31)(H,28,32). The van der Waals surface area contributed by atoms with Gasteiger partial charge in [-0.3, -0.25) is 20.4 Å². The first-order valence-corrected chi connectivity index (χ1v) is 10.5. The van der Waals surface area contributed by atoms with Crippen LogP contribution in [0.2, 0.25) is 0 Å². The van der Waals surface area contributed by atoms with Crippen LogP contribution in [0, 0.1) is 6.92 Å².